The maximum Gasteiger partial charge on any atom is 0.244 e. The van der Waals surface area contributed by atoms with Gasteiger partial charge in [-0.25, -0.2) is 9.37 Å². The van der Waals surface area contributed by atoms with Crippen molar-refractivity contribution < 1.29 is 9.18 Å². The van der Waals surface area contributed by atoms with Crippen LogP contribution in [0.1, 0.15) is 22.3 Å². The molecule has 1 aliphatic heterocycles. The Balaban J connectivity index is 1.64. The van der Waals surface area contributed by atoms with Gasteiger partial charge in [0.15, 0.2) is 0 Å². The molecule has 1 aliphatic rings. The van der Waals surface area contributed by atoms with Gasteiger partial charge in [-0.05, 0) is 27.1 Å². The lowest BCUT2D eigenvalue weighted by atomic mass is 10.0. The average Bonchev–Trinajstić information content (AvgIpc) is 3.02. The van der Waals surface area contributed by atoms with Crippen molar-refractivity contribution in [1.82, 2.24) is 19.7 Å². The predicted molar refractivity (Wildman–Crippen MR) is 102 cm³/mol. The Bertz CT molecular complexity index is 756. The molecule has 0 N–H and O–H groups in total. The number of hydrogen-bond acceptors (Lipinski definition) is 5. The Kier molecular flexibility index (Phi) is 6.01. The number of nitrogens with zero attached hydrogens (tertiary/aromatic N) is 4. The van der Waals surface area contributed by atoms with Crippen LogP contribution >= 0.6 is 11.3 Å². The van der Waals surface area contributed by atoms with Gasteiger partial charge in [0.1, 0.15) is 11.9 Å². The van der Waals surface area contributed by atoms with E-state index in [2.05, 4.69) is 15.3 Å². The van der Waals surface area contributed by atoms with Crippen molar-refractivity contribution in [2.75, 3.05) is 40.3 Å². The van der Waals surface area contributed by atoms with Crippen LogP contribution in [0.4, 0.5) is 4.39 Å². The normalized spacial score (nSPS) is 16.9. The van der Waals surface area contributed by atoms with E-state index in [1.165, 1.54) is 6.07 Å². The number of halogens is 1. The van der Waals surface area contributed by atoms with Gasteiger partial charge in [-0.1, -0.05) is 18.2 Å². The van der Waals surface area contributed by atoms with Crippen LogP contribution in [0.2, 0.25) is 0 Å². The molecule has 0 radical (unpaired) electrons. The summed E-state index contributed by atoms with van der Waals surface area (Å²) in [7, 11) is 3.63. The SMILES string of the molecule is Cc1nc(CN2CCN(C(=O)C(c3ccccc3F)N(C)C)CC2)cs1. The van der Waals surface area contributed by atoms with E-state index in [0.29, 0.717) is 18.7 Å². The van der Waals surface area contributed by atoms with E-state index in [0.717, 1.165) is 30.3 Å². The smallest absolute Gasteiger partial charge is 0.244 e. The summed E-state index contributed by atoms with van der Waals surface area (Å²) in [5.41, 5.74) is 1.52. The molecule has 1 unspecified atom stereocenters. The molecule has 1 atom stereocenters. The van der Waals surface area contributed by atoms with Crippen LogP contribution in [0.25, 0.3) is 0 Å². The second kappa shape index (κ2) is 8.24. The molecule has 1 amide bonds. The first kappa shape index (κ1) is 18.9. The summed E-state index contributed by atoms with van der Waals surface area (Å²) in [5.74, 6) is -0.374. The average molecular weight is 377 g/mol. The van der Waals surface area contributed by atoms with Crippen LogP contribution in [0.5, 0.6) is 0 Å². The number of aryl methyl sites for hydroxylation is 1. The van der Waals surface area contributed by atoms with Crippen molar-refractivity contribution in [2.45, 2.75) is 19.5 Å². The topological polar surface area (TPSA) is 39.7 Å². The van der Waals surface area contributed by atoms with Crippen molar-refractivity contribution >= 4 is 17.2 Å². The third-order valence-corrected chi connectivity index (χ3v) is 5.51. The molecule has 140 valence electrons. The summed E-state index contributed by atoms with van der Waals surface area (Å²) < 4.78 is 14.2. The van der Waals surface area contributed by atoms with Crippen LogP contribution in [-0.4, -0.2) is 65.9 Å². The summed E-state index contributed by atoms with van der Waals surface area (Å²) in [6.07, 6.45) is 0. The second-order valence-electron chi connectivity index (χ2n) is 6.85. The number of hydrogen-bond donors (Lipinski definition) is 0. The van der Waals surface area contributed by atoms with Crippen LogP contribution in [0, 0.1) is 12.7 Å². The zero-order valence-electron chi connectivity index (χ0n) is 15.5. The van der Waals surface area contributed by atoms with E-state index in [1.807, 2.05) is 25.9 Å². The van der Waals surface area contributed by atoms with Gasteiger partial charge in [0.05, 0.1) is 10.7 Å². The lowest BCUT2D eigenvalue weighted by Crippen LogP contribution is -2.51. The minimum atomic E-state index is -0.594. The van der Waals surface area contributed by atoms with Crippen LogP contribution < -0.4 is 0 Å². The van der Waals surface area contributed by atoms with E-state index >= 15 is 0 Å². The first-order valence-corrected chi connectivity index (χ1v) is 9.66. The van der Waals surface area contributed by atoms with Gasteiger partial charge in [-0.2, -0.15) is 0 Å². The molecular weight excluding hydrogens is 351 g/mol. The summed E-state index contributed by atoms with van der Waals surface area (Å²) in [6, 6.07) is 5.93. The molecule has 1 saturated heterocycles. The molecule has 2 aromatic rings. The number of piperazine rings is 1. The van der Waals surface area contributed by atoms with E-state index in [9.17, 15) is 9.18 Å². The molecule has 1 fully saturated rings. The van der Waals surface area contributed by atoms with Crippen molar-refractivity contribution in [1.29, 1.82) is 0 Å². The summed E-state index contributed by atoms with van der Waals surface area (Å²) >= 11 is 1.66. The minimum Gasteiger partial charge on any atom is -0.338 e. The lowest BCUT2D eigenvalue weighted by molar-refractivity contribution is -0.138. The van der Waals surface area contributed by atoms with Crippen molar-refractivity contribution in [2.24, 2.45) is 0 Å². The molecule has 0 bridgehead atoms. The fourth-order valence-electron chi connectivity index (χ4n) is 3.34. The van der Waals surface area contributed by atoms with E-state index in [4.69, 9.17) is 0 Å². The molecule has 26 heavy (non-hydrogen) atoms. The molecule has 0 spiro atoms. The summed E-state index contributed by atoms with van der Waals surface area (Å²) in [4.78, 5) is 23.5. The number of likely N-dealkylation sites (N-methyl/N-ethyl adjacent to an activating group) is 1. The van der Waals surface area contributed by atoms with Crippen LogP contribution in [0.3, 0.4) is 0 Å². The highest BCUT2D eigenvalue weighted by Crippen LogP contribution is 2.24. The maximum atomic E-state index is 14.2. The number of amides is 1. The standard InChI is InChI=1S/C19H25FN4OS/c1-14-21-15(13-26-14)12-23-8-10-24(11-9-23)19(25)18(22(2)3)16-6-4-5-7-17(16)20/h4-7,13,18H,8-12H2,1-3H3. The summed E-state index contributed by atoms with van der Waals surface area (Å²) in [5, 5.41) is 3.17. The van der Waals surface area contributed by atoms with E-state index < -0.39 is 6.04 Å². The molecule has 7 heteroatoms. The highest BCUT2D eigenvalue weighted by Gasteiger charge is 2.31. The quantitative estimate of drug-likeness (QED) is 0.804. The minimum absolute atomic E-state index is 0.0377. The molecule has 0 saturated carbocycles. The molecule has 5 nitrogen and oxygen atoms in total. The number of carbonyl (C=O) groups excluding carboxylic acids is 1. The van der Waals surface area contributed by atoms with Crippen LogP contribution in [0.15, 0.2) is 29.6 Å². The molecule has 1 aromatic carbocycles. The van der Waals surface area contributed by atoms with E-state index in [1.54, 1.807) is 34.4 Å². The van der Waals surface area contributed by atoms with Crippen molar-refractivity contribution in [3.8, 4) is 0 Å². The Labute approximate surface area is 158 Å². The van der Waals surface area contributed by atoms with Gasteiger partial charge in [0, 0.05) is 43.7 Å². The summed E-state index contributed by atoms with van der Waals surface area (Å²) in [6.45, 7) is 5.74. The predicted octanol–water partition coefficient (Wildman–Crippen LogP) is 2.54. The largest absolute Gasteiger partial charge is 0.338 e. The third-order valence-electron chi connectivity index (χ3n) is 4.69. The molecule has 2 heterocycles. The Hall–Kier alpha value is -1.83. The molecule has 3 rings (SSSR count). The Morgan fingerprint density at radius 1 is 1.27 bits per heavy atom. The monoisotopic (exact) mass is 376 g/mol. The van der Waals surface area contributed by atoms with Gasteiger partial charge < -0.3 is 4.90 Å². The number of carbonyl (C=O) groups is 1. The first-order chi connectivity index (χ1) is 12.5. The first-order valence-electron chi connectivity index (χ1n) is 8.78. The second-order valence-corrected chi connectivity index (χ2v) is 7.91. The number of aromatic nitrogens is 1. The highest BCUT2D eigenvalue weighted by atomic mass is 32.1. The Morgan fingerprint density at radius 3 is 2.54 bits per heavy atom. The van der Waals surface area contributed by atoms with Gasteiger partial charge >= 0.3 is 0 Å². The van der Waals surface area contributed by atoms with Gasteiger partial charge in [-0.15, -0.1) is 11.3 Å². The fraction of sp³-hybridized carbons (Fsp3) is 0.474. The van der Waals surface area contributed by atoms with Crippen LogP contribution in [-0.2, 0) is 11.3 Å². The zero-order chi connectivity index (χ0) is 18.7. The number of benzene rings is 1. The number of thiazole rings is 1. The Morgan fingerprint density at radius 2 is 1.96 bits per heavy atom. The van der Waals surface area contributed by atoms with Crippen molar-refractivity contribution in [3.05, 3.63) is 51.7 Å². The van der Waals surface area contributed by atoms with Gasteiger partial charge in [0.2, 0.25) is 5.91 Å². The zero-order valence-corrected chi connectivity index (χ0v) is 16.3. The van der Waals surface area contributed by atoms with Crippen molar-refractivity contribution in [3.63, 3.8) is 0 Å². The lowest BCUT2D eigenvalue weighted by Gasteiger charge is -2.37. The fourth-order valence-corrected chi connectivity index (χ4v) is 3.94. The molecular formula is C19H25FN4OS. The maximum absolute atomic E-state index is 14.2. The molecule has 1 aromatic heterocycles. The third kappa shape index (κ3) is 4.28. The van der Waals surface area contributed by atoms with Gasteiger partial charge in [-0.3, -0.25) is 14.6 Å². The van der Waals surface area contributed by atoms with E-state index in [-0.39, 0.29) is 11.7 Å². The van der Waals surface area contributed by atoms with Gasteiger partial charge in [0.25, 0.3) is 0 Å². The highest BCUT2D eigenvalue weighted by molar-refractivity contribution is 7.09. The number of rotatable bonds is 5. The molecule has 0 aliphatic carbocycles.